The van der Waals surface area contributed by atoms with Gasteiger partial charge in [-0.05, 0) is 48.8 Å². The lowest BCUT2D eigenvalue weighted by atomic mass is 9.87. The van der Waals surface area contributed by atoms with E-state index < -0.39 is 10.0 Å². The number of piperidine rings is 2. The Balaban J connectivity index is 1.41. The van der Waals surface area contributed by atoms with E-state index in [-0.39, 0.29) is 29.2 Å². The molecule has 2 aliphatic rings. The van der Waals surface area contributed by atoms with Crippen LogP contribution in [-0.2, 0) is 25.0 Å². The van der Waals surface area contributed by atoms with Gasteiger partial charge in [-0.15, -0.1) is 0 Å². The van der Waals surface area contributed by atoms with Crippen molar-refractivity contribution in [2.24, 2.45) is 0 Å². The Bertz CT molecular complexity index is 848. The second-order valence-corrected chi connectivity index (χ2v) is 11.8. The van der Waals surface area contributed by atoms with Crippen molar-refractivity contribution >= 4 is 15.9 Å². The first-order valence-electron chi connectivity index (χ1n) is 11.7. The number of nitrogens with one attached hydrogen (secondary N) is 1. The molecule has 0 atom stereocenters. The van der Waals surface area contributed by atoms with Gasteiger partial charge in [0.15, 0.2) is 0 Å². The van der Waals surface area contributed by atoms with Gasteiger partial charge in [0.25, 0.3) is 0 Å². The van der Waals surface area contributed by atoms with Crippen LogP contribution in [0.2, 0.25) is 0 Å². The van der Waals surface area contributed by atoms with Gasteiger partial charge in [0, 0.05) is 52.3 Å². The molecular weight excluding hydrogens is 426 g/mol. The van der Waals surface area contributed by atoms with Crippen molar-refractivity contribution < 1.29 is 17.9 Å². The summed E-state index contributed by atoms with van der Waals surface area (Å²) in [6.45, 7) is 10.0. The van der Waals surface area contributed by atoms with Gasteiger partial charge in [-0.2, -0.15) is 0 Å². The summed E-state index contributed by atoms with van der Waals surface area (Å²) in [7, 11) is -1.83. The van der Waals surface area contributed by atoms with Crippen molar-refractivity contribution in [1.29, 1.82) is 0 Å². The first kappa shape index (κ1) is 25.1. The lowest BCUT2D eigenvalue weighted by Gasteiger charge is -2.41. The van der Waals surface area contributed by atoms with E-state index in [2.05, 4.69) is 30.4 Å². The largest absolute Gasteiger partial charge is 0.381 e. The van der Waals surface area contributed by atoms with Gasteiger partial charge in [-0.1, -0.05) is 32.9 Å². The Hall–Kier alpha value is -1.48. The number of sulfonamides is 1. The average Bonchev–Trinajstić information content (AvgIpc) is 2.78. The van der Waals surface area contributed by atoms with Crippen molar-refractivity contribution in [1.82, 2.24) is 14.5 Å². The maximum absolute atomic E-state index is 12.6. The molecule has 0 radical (unpaired) electrons. The molecule has 2 heterocycles. The van der Waals surface area contributed by atoms with E-state index in [0.717, 1.165) is 57.4 Å². The summed E-state index contributed by atoms with van der Waals surface area (Å²) in [5.41, 5.74) is 1.05. The molecule has 32 heavy (non-hydrogen) atoms. The summed E-state index contributed by atoms with van der Waals surface area (Å²) in [5.74, 6) is 0.0207. The van der Waals surface area contributed by atoms with Gasteiger partial charge >= 0.3 is 0 Å². The maximum atomic E-state index is 12.6. The third-order valence-corrected chi connectivity index (χ3v) is 8.28. The molecule has 0 aromatic heterocycles. The number of likely N-dealkylation sites (tertiary alicyclic amines) is 2. The zero-order valence-corrected chi connectivity index (χ0v) is 20.8. The van der Waals surface area contributed by atoms with Crippen LogP contribution in [-0.4, -0.2) is 76.1 Å². The fourth-order valence-corrected chi connectivity index (χ4v) is 5.66. The molecule has 1 amide bonds. The molecule has 0 unspecified atom stereocenters. The molecule has 0 saturated carbocycles. The van der Waals surface area contributed by atoms with E-state index >= 15 is 0 Å². The Labute approximate surface area is 193 Å². The van der Waals surface area contributed by atoms with Crippen LogP contribution in [0.5, 0.6) is 0 Å². The predicted molar refractivity (Wildman–Crippen MR) is 126 cm³/mol. The second-order valence-electron chi connectivity index (χ2n) is 10.0. The van der Waals surface area contributed by atoms with E-state index in [4.69, 9.17) is 4.74 Å². The van der Waals surface area contributed by atoms with E-state index in [1.54, 1.807) is 19.2 Å². The van der Waals surface area contributed by atoms with Crippen molar-refractivity contribution in [3.05, 3.63) is 29.8 Å². The average molecular weight is 466 g/mol. The summed E-state index contributed by atoms with van der Waals surface area (Å²) in [6, 6.07) is 7.49. The quantitative estimate of drug-likeness (QED) is 0.670. The number of amides is 1. The third kappa shape index (κ3) is 6.53. The highest BCUT2D eigenvalue weighted by Crippen LogP contribution is 2.24. The predicted octanol–water partition coefficient (Wildman–Crippen LogP) is 2.75. The standard InChI is InChI=1S/C24H39N3O4S/c1-24(2,3)19-5-7-22(8-6-19)32(29,30)25-14-9-23(28)27-15-10-20(11-16-27)26-17-12-21(31-4)13-18-26/h5-8,20-21,25H,9-18H2,1-4H3. The minimum absolute atomic E-state index is 0.0207. The van der Waals surface area contributed by atoms with E-state index in [1.807, 2.05) is 17.0 Å². The summed E-state index contributed by atoms with van der Waals surface area (Å²) < 4.78 is 33.2. The van der Waals surface area contributed by atoms with Crippen molar-refractivity contribution in [2.45, 2.75) is 75.3 Å². The SMILES string of the molecule is COC1CCN(C2CCN(C(=O)CCNS(=O)(=O)c3ccc(C(C)(C)C)cc3)CC2)CC1. The summed E-state index contributed by atoms with van der Waals surface area (Å²) in [5, 5.41) is 0. The third-order valence-electron chi connectivity index (χ3n) is 6.81. The summed E-state index contributed by atoms with van der Waals surface area (Å²) >= 11 is 0. The van der Waals surface area contributed by atoms with Crippen LogP contribution in [0, 0.1) is 0 Å². The molecule has 2 fully saturated rings. The molecule has 8 heteroatoms. The zero-order valence-electron chi connectivity index (χ0n) is 20.0. The van der Waals surface area contributed by atoms with Gasteiger partial charge in [-0.25, -0.2) is 13.1 Å². The molecule has 1 aromatic carbocycles. The van der Waals surface area contributed by atoms with E-state index in [0.29, 0.717) is 12.1 Å². The van der Waals surface area contributed by atoms with Crippen LogP contribution < -0.4 is 4.72 Å². The molecule has 2 aliphatic heterocycles. The lowest BCUT2D eigenvalue weighted by molar-refractivity contribution is -0.132. The fourth-order valence-electron chi connectivity index (χ4n) is 4.62. The Kier molecular flexibility index (Phi) is 8.36. The van der Waals surface area contributed by atoms with Crippen LogP contribution in [0.4, 0.5) is 0 Å². The monoisotopic (exact) mass is 465 g/mol. The molecule has 3 rings (SSSR count). The Morgan fingerprint density at radius 2 is 1.62 bits per heavy atom. The number of hydrogen-bond donors (Lipinski definition) is 1. The van der Waals surface area contributed by atoms with Gasteiger partial charge in [0.2, 0.25) is 15.9 Å². The number of hydrogen-bond acceptors (Lipinski definition) is 5. The topological polar surface area (TPSA) is 79.0 Å². The number of rotatable bonds is 7. The van der Waals surface area contributed by atoms with Gasteiger partial charge in [0.1, 0.15) is 0 Å². The number of carbonyl (C=O) groups is 1. The van der Waals surface area contributed by atoms with Crippen LogP contribution in [0.25, 0.3) is 0 Å². The summed E-state index contributed by atoms with van der Waals surface area (Å²) in [6.07, 6.45) is 4.69. The molecule has 1 aromatic rings. The van der Waals surface area contributed by atoms with Crippen LogP contribution in [0.1, 0.15) is 58.4 Å². The van der Waals surface area contributed by atoms with Gasteiger partial charge in [0.05, 0.1) is 11.0 Å². The van der Waals surface area contributed by atoms with Crippen LogP contribution in [0.15, 0.2) is 29.2 Å². The molecule has 2 saturated heterocycles. The number of ether oxygens (including phenoxy) is 1. The highest BCUT2D eigenvalue weighted by Gasteiger charge is 2.29. The van der Waals surface area contributed by atoms with E-state index in [9.17, 15) is 13.2 Å². The highest BCUT2D eigenvalue weighted by atomic mass is 32.2. The Morgan fingerprint density at radius 1 is 1.03 bits per heavy atom. The minimum atomic E-state index is -3.62. The minimum Gasteiger partial charge on any atom is -0.381 e. The molecular formula is C24H39N3O4S. The molecule has 0 spiro atoms. The Morgan fingerprint density at radius 3 is 2.16 bits per heavy atom. The number of benzene rings is 1. The first-order valence-corrected chi connectivity index (χ1v) is 13.2. The van der Waals surface area contributed by atoms with Crippen molar-refractivity contribution in [2.75, 3.05) is 39.8 Å². The molecule has 0 aliphatic carbocycles. The molecule has 180 valence electrons. The first-order chi connectivity index (χ1) is 15.1. The normalized spacial score (nSPS) is 19.9. The molecule has 0 bridgehead atoms. The lowest BCUT2D eigenvalue weighted by Crippen LogP contribution is -2.50. The smallest absolute Gasteiger partial charge is 0.240 e. The van der Waals surface area contributed by atoms with Gasteiger partial charge in [-0.3, -0.25) is 4.79 Å². The maximum Gasteiger partial charge on any atom is 0.240 e. The number of methoxy groups -OCH3 is 1. The second kappa shape index (κ2) is 10.6. The summed E-state index contributed by atoms with van der Waals surface area (Å²) in [4.78, 5) is 17.3. The van der Waals surface area contributed by atoms with Crippen molar-refractivity contribution in [3.63, 3.8) is 0 Å². The zero-order chi connectivity index (χ0) is 23.4. The fraction of sp³-hybridized carbons (Fsp3) is 0.708. The number of nitrogens with zero attached hydrogens (tertiary/aromatic N) is 2. The van der Waals surface area contributed by atoms with E-state index in [1.165, 1.54) is 0 Å². The molecule has 1 N–H and O–H groups in total. The highest BCUT2D eigenvalue weighted by molar-refractivity contribution is 7.89. The van der Waals surface area contributed by atoms with Crippen molar-refractivity contribution in [3.8, 4) is 0 Å². The van der Waals surface area contributed by atoms with Gasteiger partial charge < -0.3 is 14.5 Å². The van der Waals surface area contributed by atoms with Crippen LogP contribution >= 0.6 is 0 Å². The number of carbonyl (C=O) groups excluding carboxylic acids is 1. The molecule has 7 nitrogen and oxygen atoms in total. The van der Waals surface area contributed by atoms with Crippen LogP contribution in [0.3, 0.4) is 0 Å².